The number of nitrogens with one attached hydrogen (secondary N) is 1. The van der Waals surface area contributed by atoms with Crippen molar-refractivity contribution in [2.45, 2.75) is 51.5 Å². The van der Waals surface area contributed by atoms with Gasteiger partial charge in [0, 0.05) is 12.5 Å². The molecule has 1 aliphatic heterocycles. The van der Waals surface area contributed by atoms with Crippen molar-refractivity contribution in [3.05, 3.63) is 0 Å². The largest absolute Gasteiger partial charge is 0.353 e. The van der Waals surface area contributed by atoms with Crippen LogP contribution in [0.3, 0.4) is 0 Å². The molecular formula is C12H24N2O. The van der Waals surface area contributed by atoms with Crippen molar-refractivity contribution in [2.75, 3.05) is 20.1 Å². The highest BCUT2D eigenvalue weighted by atomic mass is 16.1. The van der Waals surface area contributed by atoms with Gasteiger partial charge in [-0.15, -0.1) is 0 Å². The lowest BCUT2D eigenvalue weighted by atomic mass is 10.1. The summed E-state index contributed by atoms with van der Waals surface area (Å²) < 4.78 is 0. The number of unbranched alkanes of at least 4 members (excludes halogenated alkanes) is 2. The third-order valence-corrected chi connectivity index (χ3v) is 3.09. The average molecular weight is 212 g/mol. The zero-order valence-electron chi connectivity index (χ0n) is 10.1. The molecule has 1 N–H and O–H groups in total. The summed E-state index contributed by atoms with van der Waals surface area (Å²) in [7, 11) is 2.14. The highest BCUT2D eigenvalue weighted by Gasteiger charge is 2.17. The SMILES string of the molecule is CCCCCC(=O)NC1CCN(C)CC1. The highest BCUT2D eigenvalue weighted by Crippen LogP contribution is 2.08. The summed E-state index contributed by atoms with van der Waals surface area (Å²) in [6.07, 6.45) is 6.31. The Morgan fingerprint density at radius 1 is 1.33 bits per heavy atom. The lowest BCUT2D eigenvalue weighted by molar-refractivity contribution is -0.122. The first-order valence-electron chi connectivity index (χ1n) is 6.20. The van der Waals surface area contributed by atoms with Crippen molar-refractivity contribution >= 4 is 5.91 Å². The second-order valence-electron chi connectivity index (χ2n) is 4.60. The summed E-state index contributed by atoms with van der Waals surface area (Å²) in [5, 5.41) is 3.13. The molecule has 3 heteroatoms. The second-order valence-corrected chi connectivity index (χ2v) is 4.60. The summed E-state index contributed by atoms with van der Waals surface area (Å²) in [6, 6.07) is 0.426. The molecule has 1 fully saturated rings. The highest BCUT2D eigenvalue weighted by molar-refractivity contribution is 5.76. The Morgan fingerprint density at radius 2 is 2.00 bits per heavy atom. The van der Waals surface area contributed by atoms with E-state index in [1.807, 2.05) is 0 Å². The molecule has 0 atom stereocenters. The van der Waals surface area contributed by atoms with Gasteiger partial charge in [-0.3, -0.25) is 4.79 Å². The maximum Gasteiger partial charge on any atom is 0.220 e. The Balaban J connectivity index is 2.09. The van der Waals surface area contributed by atoms with E-state index in [4.69, 9.17) is 0 Å². The lowest BCUT2D eigenvalue weighted by Crippen LogP contribution is -2.43. The van der Waals surface area contributed by atoms with Gasteiger partial charge in [0.05, 0.1) is 0 Å². The number of carbonyl (C=O) groups excluding carboxylic acids is 1. The molecule has 1 saturated heterocycles. The first kappa shape index (κ1) is 12.5. The van der Waals surface area contributed by atoms with Crippen LogP contribution in [0.4, 0.5) is 0 Å². The van der Waals surface area contributed by atoms with E-state index in [9.17, 15) is 4.79 Å². The van der Waals surface area contributed by atoms with E-state index in [1.165, 1.54) is 12.8 Å². The van der Waals surface area contributed by atoms with Gasteiger partial charge < -0.3 is 10.2 Å². The number of nitrogens with zero attached hydrogens (tertiary/aromatic N) is 1. The number of amides is 1. The molecule has 0 unspecified atom stereocenters. The summed E-state index contributed by atoms with van der Waals surface area (Å²) in [5.74, 6) is 0.248. The third-order valence-electron chi connectivity index (χ3n) is 3.09. The number of carbonyl (C=O) groups is 1. The van der Waals surface area contributed by atoms with Gasteiger partial charge >= 0.3 is 0 Å². The van der Waals surface area contributed by atoms with Crippen molar-refractivity contribution in [3.8, 4) is 0 Å². The maximum atomic E-state index is 11.5. The van der Waals surface area contributed by atoms with Gasteiger partial charge in [-0.1, -0.05) is 19.8 Å². The Kier molecular flexibility index (Phi) is 5.69. The van der Waals surface area contributed by atoms with Gasteiger partial charge in [-0.2, -0.15) is 0 Å². The van der Waals surface area contributed by atoms with E-state index >= 15 is 0 Å². The van der Waals surface area contributed by atoms with Gasteiger partial charge in [0.15, 0.2) is 0 Å². The number of rotatable bonds is 5. The Bertz CT molecular complexity index is 186. The zero-order chi connectivity index (χ0) is 11.1. The van der Waals surface area contributed by atoms with E-state index in [0.29, 0.717) is 12.5 Å². The number of hydrogen-bond acceptors (Lipinski definition) is 2. The number of likely N-dealkylation sites (tertiary alicyclic amines) is 1. The van der Waals surface area contributed by atoms with Crippen molar-refractivity contribution < 1.29 is 4.79 Å². The average Bonchev–Trinajstić information content (AvgIpc) is 2.22. The molecule has 0 saturated carbocycles. The molecular weight excluding hydrogens is 188 g/mol. The van der Waals surface area contributed by atoms with Crippen LogP contribution < -0.4 is 5.32 Å². The molecule has 1 amide bonds. The summed E-state index contributed by atoms with van der Waals surface area (Å²) in [5.41, 5.74) is 0. The fourth-order valence-corrected chi connectivity index (χ4v) is 1.99. The minimum Gasteiger partial charge on any atom is -0.353 e. The summed E-state index contributed by atoms with van der Waals surface area (Å²) in [6.45, 7) is 4.38. The van der Waals surface area contributed by atoms with E-state index in [0.717, 1.165) is 32.4 Å². The molecule has 0 radical (unpaired) electrons. The molecule has 1 aliphatic rings. The van der Waals surface area contributed by atoms with Crippen LogP contribution in [-0.2, 0) is 4.79 Å². The van der Waals surface area contributed by atoms with Crippen LogP contribution in [0, 0.1) is 0 Å². The van der Waals surface area contributed by atoms with Gasteiger partial charge in [-0.25, -0.2) is 0 Å². The fourth-order valence-electron chi connectivity index (χ4n) is 1.99. The predicted octanol–water partition coefficient (Wildman–Crippen LogP) is 1.78. The molecule has 88 valence electrons. The molecule has 1 rings (SSSR count). The monoisotopic (exact) mass is 212 g/mol. The van der Waals surface area contributed by atoms with Crippen LogP contribution in [0.15, 0.2) is 0 Å². The zero-order valence-corrected chi connectivity index (χ0v) is 10.1. The molecule has 0 aliphatic carbocycles. The van der Waals surface area contributed by atoms with Crippen molar-refractivity contribution in [3.63, 3.8) is 0 Å². The van der Waals surface area contributed by atoms with Crippen LogP contribution in [-0.4, -0.2) is 37.0 Å². The Morgan fingerprint density at radius 3 is 2.60 bits per heavy atom. The molecule has 0 bridgehead atoms. The first-order chi connectivity index (χ1) is 7.22. The number of piperidine rings is 1. The fraction of sp³-hybridized carbons (Fsp3) is 0.917. The van der Waals surface area contributed by atoms with E-state index < -0.39 is 0 Å². The predicted molar refractivity (Wildman–Crippen MR) is 62.8 cm³/mol. The van der Waals surface area contributed by atoms with Crippen molar-refractivity contribution in [1.29, 1.82) is 0 Å². The van der Waals surface area contributed by atoms with Crippen molar-refractivity contribution in [2.24, 2.45) is 0 Å². The third kappa shape index (κ3) is 5.17. The van der Waals surface area contributed by atoms with Crippen LogP contribution in [0.2, 0.25) is 0 Å². The van der Waals surface area contributed by atoms with Crippen LogP contribution in [0.1, 0.15) is 45.4 Å². The molecule has 0 aromatic rings. The first-order valence-corrected chi connectivity index (χ1v) is 6.20. The van der Waals surface area contributed by atoms with Gasteiger partial charge in [0.25, 0.3) is 0 Å². The van der Waals surface area contributed by atoms with Gasteiger partial charge in [0.2, 0.25) is 5.91 Å². The van der Waals surface area contributed by atoms with Crippen LogP contribution >= 0.6 is 0 Å². The molecule has 0 spiro atoms. The van der Waals surface area contributed by atoms with E-state index in [-0.39, 0.29) is 5.91 Å². The minimum atomic E-state index is 0.248. The molecule has 15 heavy (non-hydrogen) atoms. The van der Waals surface area contributed by atoms with Crippen LogP contribution in [0.25, 0.3) is 0 Å². The summed E-state index contributed by atoms with van der Waals surface area (Å²) >= 11 is 0. The van der Waals surface area contributed by atoms with Gasteiger partial charge in [-0.05, 0) is 39.4 Å². The second kappa shape index (κ2) is 6.83. The van der Waals surface area contributed by atoms with Crippen molar-refractivity contribution in [1.82, 2.24) is 10.2 Å². The lowest BCUT2D eigenvalue weighted by Gasteiger charge is -2.29. The van der Waals surface area contributed by atoms with Gasteiger partial charge in [0.1, 0.15) is 0 Å². The standard InChI is InChI=1S/C12H24N2O/c1-3-4-5-6-12(15)13-11-7-9-14(2)10-8-11/h11H,3-10H2,1-2H3,(H,13,15). The maximum absolute atomic E-state index is 11.5. The van der Waals surface area contributed by atoms with E-state index in [2.05, 4.69) is 24.2 Å². The summed E-state index contributed by atoms with van der Waals surface area (Å²) in [4.78, 5) is 13.9. The van der Waals surface area contributed by atoms with Crippen LogP contribution in [0.5, 0.6) is 0 Å². The normalized spacial score (nSPS) is 19.1. The Labute approximate surface area is 93.2 Å². The number of hydrogen-bond donors (Lipinski definition) is 1. The smallest absolute Gasteiger partial charge is 0.220 e. The topological polar surface area (TPSA) is 32.3 Å². The molecule has 0 aromatic carbocycles. The van der Waals surface area contributed by atoms with E-state index in [1.54, 1.807) is 0 Å². The minimum absolute atomic E-state index is 0.248. The Hall–Kier alpha value is -0.570. The quantitative estimate of drug-likeness (QED) is 0.705. The molecule has 3 nitrogen and oxygen atoms in total. The molecule has 0 aromatic heterocycles. The molecule has 1 heterocycles.